The van der Waals surface area contributed by atoms with Crippen LogP contribution in [0.15, 0.2) is 52.4 Å². The molecule has 0 radical (unpaired) electrons. The van der Waals surface area contributed by atoms with E-state index in [1.165, 1.54) is 28.8 Å². The molecule has 1 saturated heterocycles. The van der Waals surface area contributed by atoms with Crippen molar-refractivity contribution in [2.45, 2.75) is 40.2 Å². The van der Waals surface area contributed by atoms with Crippen LogP contribution in [0.3, 0.4) is 0 Å². The maximum atomic E-state index is 15.8. The molecular formula is C30H32F2N6O3. The number of amides is 1. The molecule has 0 spiro atoms. The van der Waals surface area contributed by atoms with Crippen LogP contribution >= 0.6 is 0 Å². The minimum absolute atomic E-state index is 0.0448. The Hall–Kier alpha value is -4.41. The van der Waals surface area contributed by atoms with Crippen molar-refractivity contribution < 1.29 is 18.7 Å². The summed E-state index contributed by atoms with van der Waals surface area (Å²) in [4.78, 5) is 43.2. The standard InChI is InChI=1S/C30H32F2N6O3/c1-6-23(40)36-12-13-37(18(5)15-36)28-19-14-21(32)26(24-20(31)8-7-9-22(24)39)34-29(19)38(30(41)35-28)27-17(4)10-11-33-25(27)16(2)3/h6-9,11,14,16-18,39H,1,10,12-13,15H2,2-5H3/t17-,18-/m0/s1. The number of phenolic OH excluding ortho intramolecular Hbond substituents is 1. The largest absolute Gasteiger partial charge is 0.507 e. The fourth-order valence-electron chi connectivity index (χ4n) is 5.58. The molecule has 2 aromatic heterocycles. The number of allylic oxidation sites excluding steroid dienone is 2. The number of nitrogens with zero attached hydrogens (tertiary/aromatic N) is 6. The maximum Gasteiger partial charge on any atom is 0.355 e. The fourth-order valence-corrected chi connectivity index (χ4v) is 5.58. The molecule has 11 heteroatoms. The summed E-state index contributed by atoms with van der Waals surface area (Å²) >= 11 is 0. The number of aromatic nitrogens is 3. The van der Waals surface area contributed by atoms with Gasteiger partial charge < -0.3 is 14.9 Å². The number of rotatable bonds is 5. The van der Waals surface area contributed by atoms with E-state index in [-0.39, 0.29) is 40.6 Å². The predicted molar refractivity (Wildman–Crippen MR) is 155 cm³/mol. The van der Waals surface area contributed by atoms with Crippen molar-refractivity contribution in [1.29, 1.82) is 0 Å². The minimum atomic E-state index is -0.882. The van der Waals surface area contributed by atoms with Crippen LogP contribution in [0.2, 0.25) is 0 Å². The Labute approximate surface area is 236 Å². The lowest BCUT2D eigenvalue weighted by Gasteiger charge is -2.40. The molecule has 2 atom stereocenters. The van der Waals surface area contributed by atoms with Gasteiger partial charge in [0.1, 0.15) is 23.1 Å². The molecule has 9 nitrogen and oxygen atoms in total. The Kier molecular flexibility index (Phi) is 7.46. The zero-order valence-corrected chi connectivity index (χ0v) is 23.4. The lowest BCUT2D eigenvalue weighted by atomic mass is 9.95. The van der Waals surface area contributed by atoms with Crippen LogP contribution < -0.4 is 10.6 Å². The van der Waals surface area contributed by atoms with Crippen LogP contribution in [0.4, 0.5) is 14.6 Å². The minimum Gasteiger partial charge on any atom is -0.507 e. The second kappa shape index (κ2) is 10.9. The molecule has 41 heavy (non-hydrogen) atoms. The third-order valence-corrected chi connectivity index (χ3v) is 7.62. The highest BCUT2D eigenvalue weighted by Crippen LogP contribution is 2.38. The summed E-state index contributed by atoms with van der Waals surface area (Å²) in [7, 11) is 0. The summed E-state index contributed by atoms with van der Waals surface area (Å²) in [6.07, 6.45) is 3.63. The molecule has 1 fully saturated rings. The van der Waals surface area contributed by atoms with Crippen molar-refractivity contribution in [3.05, 3.63) is 64.7 Å². The molecule has 1 N–H and O–H groups in total. The van der Waals surface area contributed by atoms with Gasteiger partial charge in [0, 0.05) is 37.8 Å². The number of hydrogen-bond donors (Lipinski definition) is 1. The van der Waals surface area contributed by atoms with Crippen molar-refractivity contribution in [3.8, 4) is 17.0 Å². The van der Waals surface area contributed by atoms with Crippen molar-refractivity contribution in [1.82, 2.24) is 19.4 Å². The second-order valence-electron chi connectivity index (χ2n) is 10.8. The number of halogens is 2. The molecular weight excluding hydrogens is 530 g/mol. The highest BCUT2D eigenvalue weighted by molar-refractivity contribution is 5.92. The van der Waals surface area contributed by atoms with E-state index in [1.807, 2.05) is 32.6 Å². The van der Waals surface area contributed by atoms with Gasteiger partial charge in [0.2, 0.25) is 5.91 Å². The number of carbonyl (C=O) groups is 1. The molecule has 0 aliphatic carbocycles. The number of piperazine rings is 1. The first kappa shape index (κ1) is 28.1. The van der Waals surface area contributed by atoms with E-state index in [4.69, 9.17) is 0 Å². The Morgan fingerprint density at radius 2 is 1.93 bits per heavy atom. The molecule has 2 aliphatic heterocycles. The van der Waals surface area contributed by atoms with E-state index in [9.17, 15) is 19.1 Å². The predicted octanol–water partition coefficient (Wildman–Crippen LogP) is 4.60. The van der Waals surface area contributed by atoms with Gasteiger partial charge in [0.25, 0.3) is 0 Å². The third-order valence-electron chi connectivity index (χ3n) is 7.62. The first-order valence-corrected chi connectivity index (χ1v) is 13.6. The van der Waals surface area contributed by atoms with Gasteiger partial charge in [-0.2, -0.15) is 4.98 Å². The molecule has 0 saturated carbocycles. The van der Waals surface area contributed by atoms with Crippen LogP contribution in [0, 0.1) is 23.5 Å². The van der Waals surface area contributed by atoms with Crippen molar-refractivity contribution >= 4 is 34.7 Å². The number of carbonyl (C=O) groups excluding carboxylic acids is 1. The normalized spacial score (nSPS) is 19.4. The Morgan fingerprint density at radius 3 is 2.59 bits per heavy atom. The Bertz CT molecular complexity index is 1660. The monoisotopic (exact) mass is 562 g/mol. The quantitative estimate of drug-likeness (QED) is 0.456. The molecule has 0 bridgehead atoms. The Morgan fingerprint density at radius 1 is 1.17 bits per heavy atom. The number of anilines is 1. The van der Waals surface area contributed by atoms with Gasteiger partial charge in [0.05, 0.1) is 22.3 Å². The molecule has 5 rings (SSSR count). The number of fused-ring (bicyclic) bond motifs is 1. The van der Waals surface area contributed by atoms with Crippen LogP contribution in [-0.4, -0.2) is 62.3 Å². The summed E-state index contributed by atoms with van der Waals surface area (Å²) in [5, 5.41) is 10.7. The van der Waals surface area contributed by atoms with Gasteiger partial charge in [-0.1, -0.05) is 33.4 Å². The smallest absolute Gasteiger partial charge is 0.355 e. The number of benzene rings is 1. The molecule has 3 aromatic rings. The van der Waals surface area contributed by atoms with Crippen LogP contribution in [0.5, 0.6) is 5.75 Å². The summed E-state index contributed by atoms with van der Waals surface area (Å²) in [6.45, 7) is 12.4. The number of phenols is 1. The SMILES string of the molecule is C=CC(=O)N1CCN(c2nc(=O)n(C3=C(C(C)C)N=CC[C@@H]3C)c3nc(-c4c(O)cccc4F)c(F)cc23)[C@@H](C)C1. The summed E-state index contributed by atoms with van der Waals surface area (Å²) < 4.78 is 32.1. The molecule has 214 valence electrons. The zero-order valence-electron chi connectivity index (χ0n) is 23.4. The third kappa shape index (κ3) is 4.89. The number of aliphatic imine (C=N–C) groups is 1. The highest BCUT2D eigenvalue weighted by atomic mass is 19.1. The van der Waals surface area contributed by atoms with Gasteiger partial charge >= 0.3 is 5.69 Å². The van der Waals surface area contributed by atoms with Gasteiger partial charge in [-0.05, 0) is 43.5 Å². The van der Waals surface area contributed by atoms with Crippen molar-refractivity contribution in [2.75, 3.05) is 24.5 Å². The van der Waals surface area contributed by atoms with E-state index >= 15 is 4.39 Å². The highest BCUT2D eigenvalue weighted by Gasteiger charge is 2.32. The summed E-state index contributed by atoms with van der Waals surface area (Å²) in [6, 6.07) is 4.58. The fraction of sp³-hybridized carbons (Fsp3) is 0.367. The number of hydrogen-bond acceptors (Lipinski definition) is 7. The van der Waals surface area contributed by atoms with Gasteiger partial charge in [-0.25, -0.2) is 23.1 Å². The Balaban J connectivity index is 1.82. The average molecular weight is 563 g/mol. The molecule has 1 amide bonds. The lowest BCUT2D eigenvalue weighted by molar-refractivity contribution is -0.126. The van der Waals surface area contributed by atoms with E-state index in [0.717, 1.165) is 6.07 Å². The van der Waals surface area contributed by atoms with Gasteiger partial charge in [-0.15, -0.1) is 0 Å². The number of aromatic hydroxyl groups is 1. The second-order valence-corrected chi connectivity index (χ2v) is 10.8. The van der Waals surface area contributed by atoms with Crippen molar-refractivity contribution in [2.24, 2.45) is 16.8 Å². The van der Waals surface area contributed by atoms with Gasteiger partial charge in [-0.3, -0.25) is 9.79 Å². The van der Waals surface area contributed by atoms with E-state index in [2.05, 4.69) is 21.5 Å². The van der Waals surface area contributed by atoms with E-state index < -0.39 is 34.3 Å². The van der Waals surface area contributed by atoms with Gasteiger partial charge in [0.15, 0.2) is 11.5 Å². The topological polar surface area (TPSA) is 104 Å². The summed E-state index contributed by atoms with van der Waals surface area (Å²) in [5.41, 5.74) is -0.118. The zero-order chi connectivity index (χ0) is 29.6. The first-order chi connectivity index (χ1) is 19.5. The lowest BCUT2D eigenvalue weighted by Crippen LogP contribution is -2.54. The maximum absolute atomic E-state index is 15.8. The first-order valence-electron chi connectivity index (χ1n) is 13.6. The van der Waals surface area contributed by atoms with Crippen molar-refractivity contribution in [3.63, 3.8) is 0 Å². The summed E-state index contributed by atoms with van der Waals surface area (Å²) in [5.74, 6) is -2.38. The average Bonchev–Trinajstić information content (AvgIpc) is 2.93. The van der Waals surface area contributed by atoms with Crippen LogP contribution in [-0.2, 0) is 4.79 Å². The van der Waals surface area contributed by atoms with Crippen LogP contribution in [0.25, 0.3) is 28.0 Å². The van der Waals surface area contributed by atoms with E-state index in [1.54, 1.807) is 11.1 Å². The van der Waals surface area contributed by atoms with Crippen LogP contribution in [0.1, 0.15) is 34.1 Å². The molecule has 2 aliphatic rings. The number of pyridine rings is 1. The molecule has 1 aromatic carbocycles. The molecule has 0 unspecified atom stereocenters. The molecule has 4 heterocycles. The van der Waals surface area contributed by atoms with E-state index in [0.29, 0.717) is 37.4 Å².